The molecule has 2 aliphatic heterocycles. The van der Waals surface area contributed by atoms with Gasteiger partial charge in [0.1, 0.15) is 11.2 Å². The summed E-state index contributed by atoms with van der Waals surface area (Å²) in [6.45, 7) is 0.822. The molecule has 3 rings (SSSR count). The minimum absolute atomic E-state index is 0.177. The van der Waals surface area contributed by atoms with Crippen molar-refractivity contribution in [3.8, 4) is 0 Å². The predicted molar refractivity (Wildman–Crippen MR) is 68.0 cm³/mol. The minimum atomic E-state index is -1.04. The number of rotatable bonds is 2. The number of nitrogens with zero attached hydrogens (tertiary/aromatic N) is 2. The van der Waals surface area contributed by atoms with Crippen LogP contribution in [-0.2, 0) is 9.59 Å². The van der Waals surface area contributed by atoms with Crippen molar-refractivity contribution in [2.45, 2.75) is 0 Å². The van der Waals surface area contributed by atoms with E-state index in [0.29, 0.717) is 17.4 Å². The first-order valence-corrected chi connectivity index (χ1v) is 6.28. The van der Waals surface area contributed by atoms with Crippen LogP contribution in [0.4, 0.5) is 5.82 Å². The molecule has 0 saturated carbocycles. The number of fused-ring (bicyclic) bond motifs is 1. The van der Waals surface area contributed by atoms with E-state index in [-0.39, 0.29) is 19.0 Å². The van der Waals surface area contributed by atoms with E-state index in [1.54, 1.807) is 12.1 Å². The molecular weight excluding hydrogens is 270 g/mol. The van der Waals surface area contributed by atoms with Gasteiger partial charge in [0, 0.05) is 25.8 Å². The number of aromatic nitrogens is 1. The lowest BCUT2D eigenvalue weighted by Gasteiger charge is -2.22. The van der Waals surface area contributed by atoms with Crippen LogP contribution in [0, 0.1) is 11.3 Å². The highest BCUT2D eigenvalue weighted by Crippen LogP contribution is 2.41. The maximum Gasteiger partial charge on any atom is 0.314 e. The van der Waals surface area contributed by atoms with Crippen molar-refractivity contribution < 1.29 is 14.7 Å². The van der Waals surface area contributed by atoms with Crippen LogP contribution in [0.3, 0.4) is 0 Å². The topological polar surface area (TPSA) is 82.5 Å². The Bertz CT molecular complexity index is 548. The fraction of sp³-hybridized carbons (Fsp3) is 0.417. The van der Waals surface area contributed by atoms with Gasteiger partial charge in [-0.1, -0.05) is 11.6 Å². The molecule has 1 aromatic heterocycles. The van der Waals surface area contributed by atoms with Gasteiger partial charge in [-0.2, -0.15) is 0 Å². The molecule has 100 valence electrons. The molecule has 0 spiro atoms. The Morgan fingerprint density at radius 2 is 2.37 bits per heavy atom. The minimum Gasteiger partial charge on any atom is -0.481 e. The molecule has 2 atom stereocenters. The van der Waals surface area contributed by atoms with Crippen molar-refractivity contribution in [3.63, 3.8) is 0 Å². The smallest absolute Gasteiger partial charge is 0.314 e. The van der Waals surface area contributed by atoms with E-state index in [0.717, 1.165) is 0 Å². The molecule has 2 aliphatic rings. The van der Waals surface area contributed by atoms with E-state index in [9.17, 15) is 14.7 Å². The number of pyridine rings is 1. The number of carboxylic acids is 1. The fourth-order valence-corrected chi connectivity index (χ4v) is 2.93. The monoisotopic (exact) mass is 281 g/mol. The van der Waals surface area contributed by atoms with Gasteiger partial charge in [-0.25, -0.2) is 4.98 Å². The van der Waals surface area contributed by atoms with E-state index in [1.807, 2.05) is 4.90 Å². The summed E-state index contributed by atoms with van der Waals surface area (Å²) in [5.41, 5.74) is -1.04. The lowest BCUT2D eigenvalue weighted by molar-refractivity contribution is -0.149. The molecule has 2 N–H and O–H groups in total. The van der Waals surface area contributed by atoms with Gasteiger partial charge in [0.25, 0.3) is 0 Å². The molecule has 19 heavy (non-hydrogen) atoms. The van der Waals surface area contributed by atoms with Gasteiger partial charge in [-0.15, -0.1) is 0 Å². The van der Waals surface area contributed by atoms with Gasteiger partial charge < -0.3 is 15.3 Å². The van der Waals surface area contributed by atoms with Crippen LogP contribution in [-0.4, -0.2) is 41.6 Å². The summed E-state index contributed by atoms with van der Waals surface area (Å²) in [4.78, 5) is 29.3. The quantitative estimate of drug-likeness (QED) is 0.818. The van der Waals surface area contributed by atoms with E-state index in [1.165, 1.54) is 6.20 Å². The van der Waals surface area contributed by atoms with Gasteiger partial charge in [0.05, 0.1) is 10.9 Å². The number of carbonyl (C=O) groups excluding carboxylic acids is 1. The van der Waals surface area contributed by atoms with Crippen LogP contribution in [0.15, 0.2) is 18.3 Å². The molecule has 6 nitrogen and oxygen atoms in total. The Morgan fingerprint density at radius 1 is 1.58 bits per heavy atom. The highest BCUT2D eigenvalue weighted by molar-refractivity contribution is 6.30. The Morgan fingerprint density at radius 3 is 2.95 bits per heavy atom. The van der Waals surface area contributed by atoms with Gasteiger partial charge in [0.2, 0.25) is 5.91 Å². The van der Waals surface area contributed by atoms with Gasteiger partial charge in [-0.3, -0.25) is 9.59 Å². The number of carbonyl (C=O) groups is 2. The first-order valence-electron chi connectivity index (χ1n) is 5.90. The van der Waals surface area contributed by atoms with Crippen LogP contribution >= 0.6 is 11.6 Å². The summed E-state index contributed by atoms with van der Waals surface area (Å²) in [5.74, 6) is -1.01. The first-order chi connectivity index (χ1) is 9.03. The predicted octanol–water partition coefficient (Wildman–Crippen LogP) is 0.372. The standard InChI is InChI=1S/C12H12ClN3O3/c13-7-1-2-9(14-3-7)16-4-8-10(17)15-5-12(8,6-16)11(18)19/h1-3,8H,4-6H2,(H,15,17)(H,18,19)/t8-,12+/m1/s1. The molecular formula is C12H12ClN3O3. The Kier molecular flexibility index (Phi) is 2.63. The summed E-state index contributed by atoms with van der Waals surface area (Å²) >= 11 is 5.78. The van der Waals surface area contributed by atoms with Crippen molar-refractivity contribution in [1.29, 1.82) is 0 Å². The number of halogens is 1. The zero-order valence-electron chi connectivity index (χ0n) is 9.97. The van der Waals surface area contributed by atoms with E-state index >= 15 is 0 Å². The summed E-state index contributed by atoms with van der Waals surface area (Å²) in [5, 5.41) is 12.6. The first kappa shape index (κ1) is 12.2. The normalized spacial score (nSPS) is 29.2. The average Bonchev–Trinajstić information content (AvgIpc) is 2.90. The number of hydrogen-bond acceptors (Lipinski definition) is 4. The molecule has 7 heteroatoms. The van der Waals surface area contributed by atoms with E-state index in [4.69, 9.17) is 11.6 Å². The Labute approximate surface area is 114 Å². The molecule has 2 fully saturated rings. The summed E-state index contributed by atoms with van der Waals surface area (Å²) in [7, 11) is 0. The van der Waals surface area contributed by atoms with Crippen molar-refractivity contribution in [1.82, 2.24) is 10.3 Å². The molecule has 2 saturated heterocycles. The number of amides is 1. The lowest BCUT2D eigenvalue weighted by atomic mass is 9.81. The maximum absolute atomic E-state index is 11.8. The van der Waals surface area contributed by atoms with Crippen molar-refractivity contribution in [2.24, 2.45) is 11.3 Å². The third kappa shape index (κ3) is 1.74. The number of carboxylic acid groups (broad SMARTS) is 1. The molecule has 1 aromatic rings. The van der Waals surface area contributed by atoms with Gasteiger partial charge >= 0.3 is 5.97 Å². The zero-order valence-corrected chi connectivity index (χ0v) is 10.7. The van der Waals surface area contributed by atoms with Crippen molar-refractivity contribution in [2.75, 3.05) is 24.5 Å². The van der Waals surface area contributed by atoms with Gasteiger partial charge in [-0.05, 0) is 12.1 Å². The second kappa shape index (κ2) is 4.09. The van der Waals surface area contributed by atoms with Crippen LogP contribution in [0.25, 0.3) is 0 Å². The fourth-order valence-electron chi connectivity index (χ4n) is 2.81. The SMILES string of the molecule is O=C1NC[C@]2(C(=O)O)CN(c3ccc(Cl)cn3)C[C@H]12. The Balaban J connectivity index is 1.91. The van der Waals surface area contributed by atoms with Crippen molar-refractivity contribution >= 4 is 29.3 Å². The van der Waals surface area contributed by atoms with E-state index in [2.05, 4.69) is 10.3 Å². The van der Waals surface area contributed by atoms with E-state index < -0.39 is 17.3 Å². The molecule has 1 amide bonds. The van der Waals surface area contributed by atoms with Crippen LogP contribution < -0.4 is 10.2 Å². The molecule has 0 bridgehead atoms. The molecule has 3 heterocycles. The molecule has 0 aromatic carbocycles. The average molecular weight is 282 g/mol. The second-order valence-electron chi connectivity index (χ2n) is 4.95. The largest absolute Gasteiger partial charge is 0.481 e. The van der Waals surface area contributed by atoms with Gasteiger partial charge in [0.15, 0.2) is 0 Å². The third-order valence-electron chi connectivity index (χ3n) is 3.90. The van der Waals surface area contributed by atoms with Crippen molar-refractivity contribution in [3.05, 3.63) is 23.4 Å². The maximum atomic E-state index is 11.8. The summed E-state index contributed by atoms with van der Waals surface area (Å²) in [6, 6.07) is 3.43. The number of anilines is 1. The van der Waals surface area contributed by atoms with Crippen LogP contribution in [0.2, 0.25) is 5.02 Å². The zero-order chi connectivity index (χ0) is 13.6. The number of hydrogen-bond donors (Lipinski definition) is 2. The highest BCUT2D eigenvalue weighted by Gasteiger charge is 2.59. The third-order valence-corrected chi connectivity index (χ3v) is 4.12. The molecule has 0 aliphatic carbocycles. The second-order valence-corrected chi connectivity index (χ2v) is 5.38. The molecule has 0 radical (unpaired) electrons. The Hall–Kier alpha value is -1.82. The lowest BCUT2D eigenvalue weighted by Crippen LogP contribution is -2.40. The highest BCUT2D eigenvalue weighted by atomic mass is 35.5. The number of nitrogens with one attached hydrogen (secondary N) is 1. The summed E-state index contributed by atoms with van der Waals surface area (Å²) in [6.07, 6.45) is 1.51. The van der Waals surface area contributed by atoms with Crippen LogP contribution in [0.1, 0.15) is 0 Å². The number of aliphatic carboxylic acids is 1. The summed E-state index contributed by atoms with van der Waals surface area (Å²) < 4.78 is 0. The molecule has 0 unspecified atom stereocenters. The van der Waals surface area contributed by atoms with Crippen LogP contribution in [0.5, 0.6) is 0 Å².